The zero-order valence-electron chi connectivity index (χ0n) is 12.0. The van der Waals surface area contributed by atoms with Crippen LogP contribution in [0.4, 0.5) is 0 Å². The molecule has 1 aliphatic rings. The van der Waals surface area contributed by atoms with Crippen LogP contribution in [0, 0.1) is 5.92 Å². The number of ketones is 1. The summed E-state index contributed by atoms with van der Waals surface area (Å²) in [6, 6.07) is 9.30. The number of allylic oxidation sites excluding steroid dienone is 2. The van der Waals surface area contributed by atoms with Crippen LogP contribution in [-0.4, -0.2) is 17.4 Å². The molecule has 110 valence electrons. The van der Waals surface area contributed by atoms with Crippen LogP contribution in [0.3, 0.4) is 0 Å². The zero-order valence-corrected chi connectivity index (χ0v) is 12.0. The number of hydrogen-bond donors (Lipinski definition) is 0. The molecule has 1 aromatic carbocycles. The molecule has 4 heteroatoms. The van der Waals surface area contributed by atoms with E-state index in [1.165, 1.54) is 19.1 Å². The molecule has 0 fully saturated rings. The van der Waals surface area contributed by atoms with Gasteiger partial charge in [0.05, 0.1) is 18.5 Å². The molecule has 0 amide bonds. The minimum absolute atomic E-state index is 0.154. The van der Waals surface area contributed by atoms with Gasteiger partial charge in [0.15, 0.2) is 11.4 Å². The molecule has 0 N–H and O–H groups in total. The number of carboxylic acid groups (broad SMARTS) is 1. The second kappa shape index (κ2) is 6.06. The highest BCUT2D eigenvalue weighted by Crippen LogP contribution is 2.32. The second-order valence-corrected chi connectivity index (χ2v) is 5.16. The summed E-state index contributed by atoms with van der Waals surface area (Å²) in [6.45, 7) is 3.26. The summed E-state index contributed by atoms with van der Waals surface area (Å²) in [5.74, 6) is -2.79. The van der Waals surface area contributed by atoms with Crippen molar-refractivity contribution < 1.29 is 19.4 Å². The molecular weight excluding hydrogens is 268 g/mol. The molecule has 0 saturated heterocycles. The van der Waals surface area contributed by atoms with Crippen molar-refractivity contribution in [3.05, 3.63) is 59.7 Å². The lowest BCUT2D eigenvalue weighted by Crippen LogP contribution is -2.53. The van der Waals surface area contributed by atoms with Gasteiger partial charge in [0.2, 0.25) is 0 Å². The number of hydrogen-bond acceptors (Lipinski definition) is 4. The monoisotopic (exact) mass is 285 g/mol. The van der Waals surface area contributed by atoms with E-state index >= 15 is 0 Å². The molecule has 2 unspecified atom stereocenters. The topological polar surface area (TPSA) is 66.4 Å². The van der Waals surface area contributed by atoms with Crippen LogP contribution < -0.4 is 5.11 Å². The summed E-state index contributed by atoms with van der Waals surface area (Å²) in [6.07, 6.45) is 4.72. The van der Waals surface area contributed by atoms with Crippen LogP contribution in [0.5, 0.6) is 0 Å². The highest BCUT2D eigenvalue weighted by atomic mass is 16.5. The second-order valence-electron chi connectivity index (χ2n) is 5.16. The Kier molecular flexibility index (Phi) is 4.38. The quantitative estimate of drug-likeness (QED) is 0.820. The van der Waals surface area contributed by atoms with Gasteiger partial charge in [-0.2, -0.15) is 0 Å². The maximum atomic E-state index is 12.1. The molecule has 2 atom stereocenters. The lowest BCUT2D eigenvalue weighted by atomic mass is 9.79. The van der Waals surface area contributed by atoms with Crippen molar-refractivity contribution in [1.82, 2.24) is 0 Å². The number of Topliss-reactive ketones (excluding diaryl/α,β-unsaturated/α-hetero) is 1. The molecule has 4 nitrogen and oxygen atoms in total. The SMILES string of the molecule is CC(=O)C1(OCc2ccccc2)C=CC(C)=CC1C(=O)[O-]. The Hall–Kier alpha value is -2.20. The number of aliphatic carboxylic acids is 1. The first-order chi connectivity index (χ1) is 9.95. The maximum absolute atomic E-state index is 12.1. The fourth-order valence-electron chi connectivity index (χ4n) is 2.40. The van der Waals surface area contributed by atoms with Crippen LogP contribution >= 0.6 is 0 Å². The molecule has 1 aliphatic carbocycles. The number of carbonyl (C=O) groups is 2. The summed E-state index contributed by atoms with van der Waals surface area (Å²) in [5, 5.41) is 11.4. The van der Waals surface area contributed by atoms with Crippen molar-refractivity contribution in [2.45, 2.75) is 26.1 Å². The van der Waals surface area contributed by atoms with E-state index in [-0.39, 0.29) is 12.4 Å². The van der Waals surface area contributed by atoms with Crippen LogP contribution in [0.15, 0.2) is 54.1 Å². The van der Waals surface area contributed by atoms with Gasteiger partial charge in [-0.05, 0) is 25.5 Å². The van der Waals surface area contributed by atoms with Gasteiger partial charge in [0.1, 0.15) is 0 Å². The average molecular weight is 285 g/mol. The van der Waals surface area contributed by atoms with E-state index in [0.717, 1.165) is 11.1 Å². The Morgan fingerprint density at radius 2 is 1.95 bits per heavy atom. The fraction of sp³-hybridized carbons (Fsp3) is 0.294. The third-order valence-corrected chi connectivity index (χ3v) is 3.61. The number of carbonyl (C=O) groups excluding carboxylic acids is 2. The molecule has 0 radical (unpaired) electrons. The van der Waals surface area contributed by atoms with Crippen LogP contribution in [0.25, 0.3) is 0 Å². The summed E-state index contributed by atoms with van der Waals surface area (Å²) in [4.78, 5) is 23.5. The number of rotatable bonds is 5. The first kappa shape index (κ1) is 15.2. The van der Waals surface area contributed by atoms with E-state index < -0.39 is 17.5 Å². The first-order valence-corrected chi connectivity index (χ1v) is 6.73. The van der Waals surface area contributed by atoms with Crippen LogP contribution in [0.2, 0.25) is 0 Å². The van der Waals surface area contributed by atoms with Crippen LogP contribution in [0.1, 0.15) is 19.4 Å². The van der Waals surface area contributed by atoms with Crippen molar-refractivity contribution in [1.29, 1.82) is 0 Å². The van der Waals surface area contributed by atoms with E-state index in [9.17, 15) is 14.7 Å². The van der Waals surface area contributed by atoms with Gasteiger partial charge in [0.25, 0.3) is 0 Å². The Labute approximate surface area is 123 Å². The fourth-order valence-corrected chi connectivity index (χ4v) is 2.40. The largest absolute Gasteiger partial charge is 0.549 e. The standard InChI is InChI=1S/C17H18O4/c1-12-8-9-17(13(2)18,15(10-12)16(19)20)21-11-14-6-4-3-5-7-14/h3-10,15H,11H2,1-2H3,(H,19,20)/p-1. The minimum atomic E-state index is -1.51. The van der Waals surface area contributed by atoms with Crippen molar-refractivity contribution in [3.63, 3.8) is 0 Å². The highest BCUT2D eigenvalue weighted by molar-refractivity contribution is 5.94. The lowest BCUT2D eigenvalue weighted by Gasteiger charge is -2.37. The Balaban J connectivity index is 2.30. The van der Waals surface area contributed by atoms with Gasteiger partial charge < -0.3 is 14.6 Å². The average Bonchev–Trinajstić information content (AvgIpc) is 2.47. The third kappa shape index (κ3) is 3.11. The van der Waals surface area contributed by atoms with Gasteiger partial charge in [-0.15, -0.1) is 0 Å². The smallest absolute Gasteiger partial charge is 0.166 e. The zero-order chi connectivity index (χ0) is 15.5. The predicted octanol–water partition coefficient (Wildman–Crippen LogP) is 1.41. The summed E-state index contributed by atoms with van der Waals surface area (Å²) in [5.41, 5.74) is 0.132. The maximum Gasteiger partial charge on any atom is 0.166 e. The molecule has 2 rings (SSSR count). The molecule has 0 aromatic heterocycles. The normalized spacial score (nSPS) is 24.5. The van der Waals surface area contributed by atoms with Crippen LogP contribution in [-0.2, 0) is 20.9 Å². The summed E-state index contributed by atoms with van der Waals surface area (Å²) < 4.78 is 5.74. The van der Waals surface area contributed by atoms with E-state index in [2.05, 4.69) is 0 Å². The predicted molar refractivity (Wildman–Crippen MR) is 76.0 cm³/mol. The van der Waals surface area contributed by atoms with Crippen molar-refractivity contribution >= 4 is 11.8 Å². The van der Waals surface area contributed by atoms with Gasteiger partial charge >= 0.3 is 0 Å². The third-order valence-electron chi connectivity index (χ3n) is 3.61. The summed E-state index contributed by atoms with van der Waals surface area (Å²) in [7, 11) is 0. The Bertz CT molecular complexity index is 600. The molecule has 0 spiro atoms. The molecule has 0 bridgehead atoms. The first-order valence-electron chi connectivity index (χ1n) is 6.73. The minimum Gasteiger partial charge on any atom is -0.549 e. The number of carboxylic acids is 1. The van der Waals surface area contributed by atoms with E-state index in [0.29, 0.717) is 0 Å². The van der Waals surface area contributed by atoms with E-state index in [1.807, 2.05) is 30.3 Å². The van der Waals surface area contributed by atoms with E-state index in [1.54, 1.807) is 13.0 Å². The molecule has 0 saturated carbocycles. The molecular formula is C17H17O4-. The molecule has 21 heavy (non-hydrogen) atoms. The van der Waals surface area contributed by atoms with Gasteiger partial charge in [-0.1, -0.05) is 48.1 Å². The summed E-state index contributed by atoms with van der Waals surface area (Å²) >= 11 is 0. The van der Waals surface area contributed by atoms with E-state index in [4.69, 9.17) is 4.74 Å². The Morgan fingerprint density at radius 1 is 1.29 bits per heavy atom. The molecule has 0 heterocycles. The highest BCUT2D eigenvalue weighted by Gasteiger charge is 2.43. The molecule has 1 aromatic rings. The number of ether oxygens (including phenoxy) is 1. The number of benzene rings is 1. The van der Waals surface area contributed by atoms with Crippen molar-refractivity contribution in [3.8, 4) is 0 Å². The van der Waals surface area contributed by atoms with Crippen molar-refractivity contribution in [2.75, 3.05) is 0 Å². The molecule has 0 aliphatic heterocycles. The lowest BCUT2D eigenvalue weighted by molar-refractivity contribution is -0.314. The van der Waals surface area contributed by atoms with Gasteiger partial charge in [-0.25, -0.2) is 0 Å². The van der Waals surface area contributed by atoms with Gasteiger partial charge in [0, 0.05) is 0 Å². The van der Waals surface area contributed by atoms with Crippen molar-refractivity contribution in [2.24, 2.45) is 5.92 Å². The van der Waals surface area contributed by atoms with Gasteiger partial charge in [-0.3, -0.25) is 4.79 Å². The Morgan fingerprint density at radius 3 is 2.52 bits per heavy atom.